The summed E-state index contributed by atoms with van der Waals surface area (Å²) in [6.45, 7) is 8.53. The van der Waals surface area contributed by atoms with E-state index in [0.717, 1.165) is 31.2 Å². The molecule has 2 aromatic rings. The summed E-state index contributed by atoms with van der Waals surface area (Å²) in [6, 6.07) is 13.4. The smallest absolute Gasteiger partial charge is 0.131 e. The molecule has 0 amide bonds. The van der Waals surface area contributed by atoms with E-state index in [4.69, 9.17) is 4.98 Å². The minimum Gasteiger partial charge on any atom is -0.297 e. The normalized spacial score (nSPS) is 18.6. The van der Waals surface area contributed by atoms with E-state index in [9.17, 15) is 0 Å². The molecule has 0 aliphatic carbocycles. The Kier molecular flexibility index (Phi) is 5.59. The molecule has 1 aliphatic rings. The molecule has 1 saturated heterocycles. The van der Waals surface area contributed by atoms with Crippen LogP contribution < -0.4 is 0 Å². The van der Waals surface area contributed by atoms with Gasteiger partial charge in [0.2, 0.25) is 0 Å². The van der Waals surface area contributed by atoms with Gasteiger partial charge >= 0.3 is 0 Å². The van der Waals surface area contributed by atoms with Crippen molar-refractivity contribution in [2.24, 2.45) is 0 Å². The summed E-state index contributed by atoms with van der Waals surface area (Å²) >= 11 is 0. The molecule has 1 aromatic heterocycles. The summed E-state index contributed by atoms with van der Waals surface area (Å²) in [6.07, 6.45) is 3.12. The summed E-state index contributed by atoms with van der Waals surface area (Å²) < 4.78 is 0. The molecule has 2 heterocycles. The molecule has 1 aromatic carbocycles. The second-order valence-electron chi connectivity index (χ2n) is 7.14. The minimum atomic E-state index is 0.378. The molecular weight excluding hydrogens is 296 g/mol. The van der Waals surface area contributed by atoms with E-state index in [2.05, 4.69) is 66.0 Å². The molecule has 4 heteroatoms. The maximum absolute atomic E-state index is 4.70. The van der Waals surface area contributed by atoms with Gasteiger partial charge in [0.1, 0.15) is 5.82 Å². The van der Waals surface area contributed by atoms with E-state index < -0.39 is 0 Å². The molecule has 0 unspecified atom stereocenters. The first-order chi connectivity index (χ1) is 11.6. The van der Waals surface area contributed by atoms with Crippen LogP contribution in [0.4, 0.5) is 0 Å². The number of nitrogens with zero attached hydrogens (tertiary/aromatic N) is 4. The Labute approximate surface area is 145 Å². The molecule has 1 aliphatic heterocycles. The summed E-state index contributed by atoms with van der Waals surface area (Å²) in [5, 5.41) is 0. The van der Waals surface area contributed by atoms with Crippen molar-refractivity contribution in [1.29, 1.82) is 0 Å². The molecule has 24 heavy (non-hydrogen) atoms. The Hall–Kier alpha value is -1.78. The topological polar surface area (TPSA) is 32.3 Å². The third kappa shape index (κ3) is 4.40. The van der Waals surface area contributed by atoms with Crippen molar-refractivity contribution in [3.05, 3.63) is 59.7 Å². The molecule has 1 atom stereocenters. The van der Waals surface area contributed by atoms with Gasteiger partial charge in [0.15, 0.2) is 0 Å². The lowest BCUT2D eigenvalue weighted by Crippen LogP contribution is -2.34. The lowest BCUT2D eigenvalue weighted by molar-refractivity contribution is 0.220. The van der Waals surface area contributed by atoms with E-state index in [1.807, 2.05) is 12.3 Å². The SMILES string of the molecule is CC(C)c1nccc(CN(C)[C@@H]2CCN(Cc3ccccc3)C2)n1. The summed E-state index contributed by atoms with van der Waals surface area (Å²) in [4.78, 5) is 14.1. The minimum absolute atomic E-state index is 0.378. The summed E-state index contributed by atoms with van der Waals surface area (Å²) in [5.74, 6) is 1.32. The fourth-order valence-corrected chi connectivity index (χ4v) is 3.32. The van der Waals surface area contributed by atoms with Gasteiger partial charge in [0.25, 0.3) is 0 Å². The van der Waals surface area contributed by atoms with E-state index in [-0.39, 0.29) is 0 Å². The highest BCUT2D eigenvalue weighted by atomic mass is 15.2. The zero-order valence-electron chi connectivity index (χ0n) is 15.0. The van der Waals surface area contributed by atoms with Crippen molar-refractivity contribution in [3.8, 4) is 0 Å². The first-order valence-electron chi connectivity index (χ1n) is 8.90. The number of aromatic nitrogens is 2. The van der Waals surface area contributed by atoms with Crippen LogP contribution in [0, 0.1) is 0 Å². The quantitative estimate of drug-likeness (QED) is 0.816. The van der Waals surface area contributed by atoms with Crippen molar-refractivity contribution >= 4 is 0 Å². The van der Waals surface area contributed by atoms with Gasteiger partial charge in [-0.05, 0) is 25.1 Å². The molecule has 4 nitrogen and oxygen atoms in total. The number of hydrogen-bond donors (Lipinski definition) is 0. The predicted octanol–water partition coefficient (Wildman–Crippen LogP) is 3.31. The molecule has 0 N–H and O–H groups in total. The number of benzene rings is 1. The maximum Gasteiger partial charge on any atom is 0.131 e. The number of hydrogen-bond acceptors (Lipinski definition) is 4. The van der Waals surface area contributed by atoms with Gasteiger partial charge in [-0.15, -0.1) is 0 Å². The number of rotatable bonds is 6. The highest BCUT2D eigenvalue weighted by Crippen LogP contribution is 2.19. The van der Waals surface area contributed by atoms with Crippen LogP contribution in [0.25, 0.3) is 0 Å². The van der Waals surface area contributed by atoms with Crippen molar-refractivity contribution < 1.29 is 0 Å². The van der Waals surface area contributed by atoms with Crippen LogP contribution in [0.2, 0.25) is 0 Å². The average molecular weight is 324 g/mol. The van der Waals surface area contributed by atoms with Crippen molar-refractivity contribution in [2.75, 3.05) is 20.1 Å². The van der Waals surface area contributed by atoms with Gasteiger partial charge < -0.3 is 0 Å². The molecule has 0 bridgehead atoms. The van der Waals surface area contributed by atoms with Crippen LogP contribution in [0.1, 0.15) is 43.3 Å². The molecule has 0 radical (unpaired) electrons. The second-order valence-corrected chi connectivity index (χ2v) is 7.14. The van der Waals surface area contributed by atoms with Gasteiger partial charge in [0, 0.05) is 44.3 Å². The fourth-order valence-electron chi connectivity index (χ4n) is 3.32. The van der Waals surface area contributed by atoms with Crippen LogP contribution >= 0.6 is 0 Å². The zero-order valence-corrected chi connectivity index (χ0v) is 15.0. The highest BCUT2D eigenvalue weighted by molar-refractivity contribution is 5.14. The van der Waals surface area contributed by atoms with Crippen molar-refractivity contribution in [1.82, 2.24) is 19.8 Å². The Morgan fingerprint density at radius 2 is 2.00 bits per heavy atom. The van der Waals surface area contributed by atoms with E-state index in [1.165, 1.54) is 18.5 Å². The predicted molar refractivity (Wildman–Crippen MR) is 97.7 cm³/mol. The first-order valence-corrected chi connectivity index (χ1v) is 8.90. The largest absolute Gasteiger partial charge is 0.297 e. The standard InChI is InChI=1S/C20H28N4/c1-16(2)20-21-11-9-18(22-20)14-23(3)19-10-12-24(15-19)13-17-7-5-4-6-8-17/h4-9,11,16,19H,10,12-15H2,1-3H3/t19-/m1/s1. The van der Waals surface area contributed by atoms with E-state index in [0.29, 0.717) is 12.0 Å². The molecular formula is C20H28N4. The van der Waals surface area contributed by atoms with Crippen molar-refractivity contribution in [2.45, 2.75) is 45.3 Å². The Morgan fingerprint density at radius 1 is 1.21 bits per heavy atom. The molecule has 3 rings (SSSR count). The zero-order chi connectivity index (χ0) is 16.9. The van der Waals surface area contributed by atoms with Crippen LogP contribution in [0.15, 0.2) is 42.6 Å². The van der Waals surface area contributed by atoms with E-state index in [1.54, 1.807) is 0 Å². The molecule has 128 valence electrons. The van der Waals surface area contributed by atoms with Crippen LogP contribution in [0.5, 0.6) is 0 Å². The number of likely N-dealkylation sites (tertiary alicyclic amines) is 1. The van der Waals surface area contributed by atoms with E-state index >= 15 is 0 Å². The van der Waals surface area contributed by atoms with Gasteiger partial charge in [-0.25, -0.2) is 9.97 Å². The first kappa shape index (κ1) is 17.1. The van der Waals surface area contributed by atoms with Crippen LogP contribution in [0.3, 0.4) is 0 Å². The summed E-state index contributed by atoms with van der Waals surface area (Å²) in [7, 11) is 2.22. The molecule has 1 fully saturated rings. The maximum atomic E-state index is 4.70. The van der Waals surface area contributed by atoms with Gasteiger partial charge in [-0.2, -0.15) is 0 Å². The van der Waals surface area contributed by atoms with Crippen LogP contribution in [-0.4, -0.2) is 45.9 Å². The van der Waals surface area contributed by atoms with Crippen LogP contribution in [-0.2, 0) is 13.1 Å². The third-order valence-corrected chi connectivity index (χ3v) is 4.78. The fraction of sp³-hybridized carbons (Fsp3) is 0.500. The lowest BCUT2D eigenvalue weighted by atomic mass is 10.2. The summed E-state index contributed by atoms with van der Waals surface area (Å²) in [5.41, 5.74) is 2.52. The van der Waals surface area contributed by atoms with Gasteiger partial charge in [-0.3, -0.25) is 9.80 Å². The van der Waals surface area contributed by atoms with Gasteiger partial charge in [-0.1, -0.05) is 44.2 Å². The molecule has 0 spiro atoms. The average Bonchev–Trinajstić information content (AvgIpc) is 3.04. The van der Waals surface area contributed by atoms with Gasteiger partial charge in [0.05, 0.1) is 5.69 Å². The highest BCUT2D eigenvalue weighted by Gasteiger charge is 2.25. The number of likely N-dealkylation sites (N-methyl/N-ethyl adjacent to an activating group) is 1. The Morgan fingerprint density at radius 3 is 2.75 bits per heavy atom. The monoisotopic (exact) mass is 324 g/mol. The Balaban J connectivity index is 1.54. The lowest BCUT2D eigenvalue weighted by Gasteiger charge is -2.24. The molecule has 0 saturated carbocycles. The Bertz CT molecular complexity index is 641. The van der Waals surface area contributed by atoms with Crippen molar-refractivity contribution in [3.63, 3.8) is 0 Å². The second kappa shape index (κ2) is 7.86. The third-order valence-electron chi connectivity index (χ3n) is 4.78.